The van der Waals surface area contributed by atoms with E-state index in [9.17, 15) is 0 Å². The zero-order chi connectivity index (χ0) is 15.1. The summed E-state index contributed by atoms with van der Waals surface area (Å²) in [5.41, 5.74) is 2.55. The zero-order valence-corrected chi connectivity index (χ0v) is 14.0. The fraction of sp³-hybridized carbons (Fsp3) is 0.647. The van der Waals surface area contributed by atoms with E-state index in [1.165, 1.54) is 36.9 Å². The SMILES string of the molecule is COCCNCc1ccc(Cl)cc1N(C)CC1CCCC1. The van der Waals surface area contributed by atoms with Gasteiger partial charge in [-0.1, -0.05) is 30.5 Å². The highest BCUT2D eigenvalue weighted by molar-refractivity contribution is 6.30. The van der Waals surface area contributed by atoms with Gasteiger partial charge in [0.1, 0.15) is 0 Å². The number of ether oxygens (including phenoxy) is 1. The number of anilines is 1. The first kappa shape index (κ1) is 16.6. The van der Waals surface area contributed by atoms with Gasteiger partial charge < -0.3 is 15.0 Å². The molecule has 0 aliphatic heterocycles. The molecule has 0 radical (unpaired) electrons. The summed E-state index contributed by atoms with van der Waals surface area (Å²) in [5.74, 6) is 0.836. The molecule has 4 heteroatoms. The average molecular weight is 311 g/mol. The molecule has 0 bridgehead atoms. The third-order valence-corrected chi connectivity index (χ3v) is 4.50. The summed E-state index contributed by atoms with van der Waals surface area (Å²) in [6, 6.07) is 6.19. The van der Waals surface area contributed by atoms with Gasteiger partial charge in [0, 0.05) is 44.5 Å². The van der Waals surface area contributed by atoms with Crippen molar-refractivity contribution in [3.05, 3.63) is 28.8 Å². The Morgan fingerprint density at radius 3 is 2.81 bits per heavy atom. The molecule has 3 nitrogen and oxygen atoms in total. The van der Waals surface area contributed by atoms with Crippen LogP contribution in [0, 0.1) is 5.92 Å². The number of benzene rings is 1. The van der Waals surface area contributed by atoms with Crippen LogP contribution in [0.1, 0.15) is 31.2 Å². The van der Waals surface area contributed by atoms with Crippen molar-refractivity contribution < 1.29 is 4.74 Å². The molecular weight excluding hydrogens is 284 g/mol. The first-order valence-electron chi connectivity index (χ1n) is 7.90. The minimum Gasteiger partial charge on any atom is -0.383 e. The summed E-state index contributed by atoms with van der Waals surface area (Å²) < 4.78 is 5.07. The number of rotatable bonds is 8. The fourth-order valence-electron chi connectivity index (χ4n) is 3.12. The van der Waals surface area contributed by atoms with Crippen LogP contribution < -0.4 is 10.2 Å². The second kappa shape index (κ2) is 8.62. The number of hydrogen-bond donors (Lipinski definition) is 1. The van der Waals surface area contributed by atoms with E-state index in [2.05, 4.69) is 29.4 Å². The normalized spacial score (nSPS) is 15.6. The second-order valence-corrected chi connectivity index (χ2v) is 6.41. The molecule has 0 unspecified atom stereocenters. The number of hydrogen-bond acceptors (Lipinski definition) is 3. The van der Waals surface area contributed by atoms with E-state index in [4.69, 9.17) is 16.3 Å². The van der Waals surface area contributed by atoms with Crippen LogP contribution in [0.2, 0.25) is 5.02 Å². The Balaban J connectivity index is 1.99. The Morgan fingerprint density at radius 1 is 1.33 bits per heavy atom. The van der Waals surface area contributed by atoms with Gasteiger partial charge in [-0.3, -0.25) is 0 Å². The van der Waals surface area contributed by atoms with E-state index in [0.29, 0.717) is 0 Å². The maximum absolute atomic E-state index is 6.19. The molecule has 1 aliphatic carbocycles. The lowest BCUT2D eigenvalue weighted by Crippen LogP contribution is -2.26. The Bertz CT molecular complexity index is 433. The average Bonchev–Trinajstić information content (AvgIpc) is 2.97. The van der Waals surface area contributed by atoms with Gasteiger partial charge in [-0.15, -0.1) is 0 Å². The molecule has 1 aromatic carbocycles. The van der Waals surface area contributed by atoms with E-state index < -0.39 is 0 Å². The molecule has 0 aromatic heterocycles. The molecule has 0 saturated heterocycles. The van der Waals surface area contributed by atoms with Crippen molar-refractivity contribution in [1.29, 1.82) is 0 Å². The molecule has 0 amide bonds. The lowest BCUT2D eigenvalue weighted by atomic mass is 10.1. The molecule has 118 valence electrons. The summed E-state index contributed by atoms with van der Waals surface area (Å²) in [7, 11) is 3.91. The highest BCUT2D eigenvalue weighted by Crippen LogP contribution is 2.29. The van der Waals surface area contributed by atoms with Gasteiger partial charge in [0.25, 0.3) is 0 Å². The minimum atomic E-state index is 0.737. The summed E-state index contributed by atoms with van der Waals surface area (Å²) in [6.45, 7) is 3.59. The second-order valence-electron chi connectivity index (χ2n) is 5.97. The largest absolute Gasteiger partial charge is 0.383 e. The molecule has 1 aliphatic rings. The highest BCUT2D eigenvalue weighted by atomic mass is 35.5. The lowest BCUT2D eigenvalue weighted by Gasteiger charge is -2.26. The van der Waals surface area contributed by atoms with Crippen molar-refractivity contribution >= 4 is 17.3 Å². The van der Waals surface area contributed by atoms with Crippen LogP contribution >= 0.6 is 11.6 Å². The summed E-state index contributed by atoms with van der Waals surface area (Å²) in [5, 5.41) is 4.23. The zero-order valence-electron chi connectivity index (χ0n) is 13.2. The molecule has 1 fully saturated rings. The number of nitrogens with one attached hydrogen (secondary N) is 1. The Morgan fingerprint density at radius 2 is 2.10 bits per heavy atom. The predicted molar refractivity (Wildman–Crippen MR) is 90.3 cm³/mol. The molecule has 2 rings (SSSR count). The maximum atomic E-state index is 6.19. The third-order valence-electron chi connectivity index (χ3n) is 4.26. The Hall–Kier alpha value is -0.770. The highest BCUT2D eigenvalue weighted by Gasteiger charge is 2.18. The van der Waals surface area contributed by atoms with E-state index >= 15 is 0 Å². The smallest absolute Gasteiger partial charge is 0.0587 e. The standard InChI is InChI=1S/C17H27ClN2O/c1-20(13-14-5-3-4-6-14)17-11-16(18)8-7-15(17)12-19-9-10-21-2/h7-8,11,14,19H,3-6,9-10,12-13H2,1-2H3. The first-order valence-corrected chi connectivity index (χ1v) is 8.27. The van der Waals surface area contributed by atoms with Crippen LogP contribution in [0.5, 0.6) is 0 Å². The van der Waals surface area contributed by atoms with Gasteiger partial charge in [0.2, 0.25) is 0 Å². The molecule has 0 spiro atoms. The number of methoxy groups -OCH3 is 1. The number of nitrogens with zero attached hydrogens (tertiary/aromatic N) is 1. The van der Waals surface area contributed by atoms with Crippen LogP contribution in [0.25, 0.3) is 0 Å². The molecule has 21 heavy (non-hydrogen) atoms. The number of halogens is 1. The topological polar surface area (TPSA) is 24.5 Å². The van der Waals surface area contributed by atoms with E-state index in [0.717, 1.165) is 37.2 Å². The molecule has 1 N–H and O–H groups in total. The van der Waals surface area contributed by atoms with Crippen LogP contribution in [0.4, 0.5) is 5.69 Å². The van der Waals surface area contributed by atoms with Crippen molar-refractivity contribution in [2.24, 2.45) is 5.92 Å². The molecule has 1 saturated carbocycles. The van der Waals surface area contributed by atoms with Crippen molar-refractivity contribution in [1.82, 2.24) is 5.32 Å². The van der Waals surface area contributed by atoms with Gasteiger partial charge in [-0.25, -0.2) is 0 Å². The van der Waals surface area contributed by atoms with E-state index in [-0.39, 0.29) is 0 Å². The van der Waals surface area contributed by atoms with Gasteiger partial charge >= 0.3 is 0 Å². The van der Waals surface area contributed by atoms with Gasteiger partial charge in [-0.05, 0) is 36.5 Å². The van der Waals surface area contributed by atoms with Crippen molar-refractivity contribution in [3.63, 3.8) is 0 Å². The quantitative estimate of drug-likeness (QED) is 0.741. The van der Waals surface area contributed by atoms with Crippen molar-refractivity contribution in [2.75, 3.05) is 38.8 Å². The Labute approximate surface area is 133 Å². The summed E-state index contributed by atoms with van der Waals surface area (Å²) >= 11 is 6.19. The van der Waals surface area contributed by atoms with Crippen LogP contribution in [0.15, 0.2) is 18.2 Å². The van der Waals surface area contributed by atoms with E-state index in [1.54, 1.807) is 7.11 Å². The minimum absolute atomic E-state index is 0.737. The van der Waals surface area contributed by atoms with Crippen molar-refractivity contribution in [3.8, 4) is 0 Å². The molecule has 1 aromatic rings. The lowest BCUT2D eigenvalue weighted by molar-refractivity contribution is 0.199. The maximum Gasteiger partial charge on any atom is 0.0587 e. The summed E-state index contributed by atoms with van der Waals surface area (Å²) in [4.78, 5) is 2.37. The molecule has 0 heterocycles. The molecular formula is C17H27ClN2O. The first-order chi connectivity index (χ1) is 10.2. The third kappa shape index (κ3) is 5.17. The predicted octanol–water partition coefficient (Wildman–Crippen LogP) is 3.70. The van der Waals surface area contributed by atoms with Crippen molar-refractivity contribution in [2.45, 2.75) is 32.2 Å². The van der Waals surface area contributed by atoms with Crippen LogP contribution in [-0.2, 0) is 11.3 Å². The van der Waals surface area contributed by atoms with Gasteiger partial charge in [-0.2, -0.15) is 0 Å². The molecule has 0 atom stereocenters. The van der Waals surface area contributed by atoms with E-state index in [1.807, 2.05) is 6.07 Å². The summed E-state index contributed by atoms with van der Waals surface area (Å²) in [6.07, 6.45) is 5.51. The van der Waals surface area contributed by atoms with Crippen LogP contribution in [0.3, 0.4) is 0 Å². The van der Waals surface area contributed by atoms with Gasteiger partial charge in [0.15, 0.2) is 0 Å². The monoisotopic (exact) mass is 310 g/mol. The Kier molecular flexibility index (Phi) is 6.81. The fourth-order valence-corrected chi connectivity index (χ4v) is 3.28. The van der Waals surface area contributed by atoms with Gasteiger partial charge in [0.05, 0.1) is 6.61 Å². The van der Waals surface area contributed by atoms with Crippen LogP contribution in [-0.4, -0.2) is 33.9 Å².